The van der Waals surface area contributed by atoms with Crippen molar-refractivity contribution >= 4 is 0 Å². The van der Waals surface area contributed by atoms with Crippen LogP contribution in [0.15, 0.2) is 10.7 Å². The molecule has 2 unspecified atom stereocenters. The maximum atomic E-state index is 6.07. The predicted octanol–water partition coefficient (Wildman–Crippen LogP) is 2.03. The summed E-state index contributed by atoms with van der Waals surface area (Å²) < 4.78 is 5.14. The Hall–Kier alpha value is -0.830. The van der Waals surface area contributed by atoms with Crippen LogP contribution in [-0.2, 0) is 0 Å². The normalized spacial score (nSPS) is 21.5. The summed E-state index contributed by atoms with van der Waals surface area (Å²) in [7, 11) is 0. The van der Waals surface area contributed by atoms with Gasteiger partial charge in [0.2, 0.25) is 0 Å². The van der Waals surface area contributed by atoms with Crippen LogP contribution >= 0.6 is 0 Å². The van der Waals surface area contributed by atoms with Crippen molar-refractivity contribution < 1.29 is 4.42 Å². The number of nitrogens with zero attached hydrogens (tertiary/aromatic N) is 1. The average molecular weight is 180 g/mol. The molecule has 3 heteroatoms. The average Bonchev–Trinajstić information content (AvgIpc) is 2.87. The Labute approximate surface area is 78.3 Å². The van der Waals surface area contributed by atoms with Crippen LogP contribution in [0.2, 0.25) is 0 Å². The Morgan fingerprint density at radius 1 is 1.62 bits per heavy atom. The molecule has 13 heavy (non-hydrogen) atoms. The first kappa shape index (κ1) is 8.75. The third-order valence-electron chi connectivity index (χ3n) is 2.91. The molecule has 1 aromatic rings. The molecule has 0 aliphatic heterocycles. The Morgan fingerprint density at radius 3 is 2.77 bits per heavy atom. The second-order valence-electron chi connectivity index (χ2n) is 4.01. The minimum absolute atomic E-state index is 0.0462. The van der Waals surface area contributed by atoms with Crippen molar-refractivity contribution in [3.63, 3.8) is 0 Å². The highest BCUT2D eigenvalue weighted by atomic mass is 16.3. The summed E-state index contributed by atoms with van der Waals surface area (Å²) >= 11 is 0. The Kier molecular flexibility index (Phi) is 2.12. The van der Waals surface area contributed by atoms with Gasteiger partial charge in [-0.3, -0.25) is 0 Å². The summed E-state index contributed by atoms with van der Waals surface area (Å²) in [5.74, 6) is 2.05. The van der Waals surface area contributed by atoms with Gasteiger partial charge in [-0.1, -0.05) is 6.92 Å². The van der Waals surface area contributed by atoms with Gasteiger partial charge in [-0.2, -0.15) is 0 Å². The number of oxazole rings is 1. The van der Waals surface area contributed by atoms with Gasteiger partial charge in [0.25, 0.3) is 0 Å². The van der Waals surface area contributed by atoms with Gasteiger partial charge < -0.3 is 10.2 Å². The molecule has 0 amide bonds. The van der Waals surface area contributed by atoms with E-state index >= 15 is 0 Å². The summed E-state index contributed by atoms with van der Waals surface area (Å²) in [6.07, 6.45) is 4.33. The third-order valence-corrected chi connectivity index (χ3v) is 2.91. The van der Waals surface area contributed by atoms with E-state index in [4.69, 9.17) is 10.2 Å². The minimum atomic E-state index is 0.0462. The first-order valence-electron chi connectivity index (χ1n) is 4.86. The monoisotopic (exact) mass is 180 g/mol. The lowest BCUT2D eigenvalue weighted by molar-refractivity contribution is 0.409. The number of rotatable bonds is 3. The van der Waals surface area contributed by atoms with Gasteiger partial charge in [0.15, 0.2) is 5.89 Å². The van der Waals surface area contributed by atoms with E-state index in [9.17, 15) is 0 Å². The molecular formula is C10H16N2O. The number of hydrogen-bond donors (Lipinski definition) is 1. The van der Waals surface area contributed by atoms with Gasteiger partial charge in [-0.25, -0.2) is 4.98 Å². The van der Waals surface area contributed by atoms with Crippen molar-refractivity contribution in [2.75, 3.05) is 0 Å². The topological polar surface area (TPSA) is 52.0 Å². The smallest absolute Gasteiger partial charge is 0.191 e. The second-order valence-corrected chi connectivity index (χ2v) is 4.01. The van der Waals surface area contributed by atoms with E-state index in [1.807, 2.05) is 6.92 Å². The number of nitrogens with two attached hydrogens (primary N) is 1. The van der Waals surface area contributed by atoms with Crippen molar-refractivity contribution in [1.82, 2.24) is 4.98 Å². The summed E-state index contributed by atoms with van der Waals surface area (Å²) in [5, 5.41) is 0. The van der Waals surface area contributed by atoms with Crippen molar-refractivity contribution in [2.24, 2.45) is 17.6 Å². The maximum Gasteiger partial charge on any atom is 0.191 e. The molecule has 2 rings (SSSR count). The van der Waals surface area contributed by atoms with Crippen LogP contribution in [0.1, 0.15) is 37.4 Å². The highest BCUT2D eigenvalue weighted by molar-refractivity contribution is 5.05. The molecule has 1 heterocycles. The first-order chi connectivity index (χ1) is 6.18. The quantitative estimate of drug-likeness (QED) is 0.774. The van der Waals surface area contributed by atoms with Crippen LogP contribution in [0.3, 0.4) is 0 Å². The highest BCUT2D eigenvalue weighted by Crippen LogP contribution is 2.41. The van der Waals surface area contributed by atoms with E-state index < -0.39 is 0 Å². The number of hydrogen-bond acceptors (Lipinski definition) is 3. The van der Waals surface area contributed by atoms with Crippen molar-refractivity contribution in [3.05, 3.63) is 17.8 Å². The van der Waals surface area contributed by atoms with Gasteiger partial charge in [-0.15, -0.1) is 0 Å². The molecule has 0 aromatic carbocycles. The number of aryl methyl sites for hydroxylation is 1. The lowest BCUT2D eigenvalue weighted by Crippen LogP contribution is -2.20. The maximum absolute atomic E-state index is 6.07. The van der Waals surface area contributed by atoms with Crippen molar-refractivity contribution in [1.29, 1.82) is 0 Å². The Morgan fingerprint density at radius 2 is 2.31 bits per heavy atom. The molecule has 2 atom stereocenters. The minimum Gasteiger partial charge on any atom is -0.449 e. The van der Waals surface area contributed by atoms with Crippen LogP contribution in [0.4, 0.5) is 0 Å². The summed E-state index contributed by atoms with van der Waals surface area (Å²) in [6.45, 7) is 4.05. The van der Waals surface area contributed by atoms with Crippen LogP contribution in [-0.4, -0.2) is 4.98 Å². The zero-order valence-corrected chi connectivity index (χ0v) is 8.16. The summed E-state index contributed by atoms with van der Waals surface area (Å²) in [6, 6.07) is 0.0462. The van der Waals surface area contributed by atoms with E-state index in [2.05, 4.69) is 11.9 Å². The SMILES string of the molecule is Cc1nc(C(N)C(C)C2CC2)co1. The zero-order chi connectivity index (χ0) is 9.42. The van der Waals surface area contributed by atoms with Gasteiger partial charge in [-0.05, 0) is 24.7 Å². The molecule has 0 saturated heterocycles. The van der Waals surface area contributed by atoms with Crippen LogP contribution in [0.5, 0.6) is 0 Å². The number of aromatic nitrogens is 1. The predicted molar refractivity (Wildman–Crippen MR) is 50.1 cm³/mol. The molecule has 0 spiro atoms. The molecule has 0 radical (unpaired) electrons. The third kappa shape index (κ3) is 1.75. The highest BCUT2D eigenvalue weighted by Gasteiger charge is 2.33. The molecule has 2 N–H and O–H groups in total. The van der Waals surface area contributed by atoms with E-state index in [1.54, 1.807) is 6.26 Å². The molecule has 1 aliphatic rings. The molecular weight excluding hydrogens is 164 g/mol. The standard InChI is InChI=1S/C10H16N2O/c1-6(8-3-4-8)10(11)9-5-13-7(2)12-9/h5-6,8,10H,3-4,11H2,1-2H3. The molecule has 1 aromatic heterocycles. The Balaban J connectivity index is 2.06. The van der Waals surface area contributed by atoms with E-state index in [0.29, 0.717) is 11.8 Å². The van der Waals surface area contributed by atoms with Gasteiger partial charge in [0.1, 0.15) is 6.26 Å². The van der Waals surface area contributed by atoms with Crippen LogP contribution in [0.25, 0.3) is 0 Å². The van der Waals surface area contributed by atoms with Crippen LogP contribution < -0.4 is 5.73 Å². The van der Waals surface area contributed by atoms with Crippen molar-refractivity contribution in [2.45, 2.75) is 32.7 Å². The van der Waals surface area contributed by atoms with Crippen LogP contribution in [0, 0.1) is 18.8 Å². The van der Waals surface area contributed by atoms with Gasteiger partial charge in [0.05, 0.1) is 11.7 Å². The fraction of sp³-hybridized carbons (Fsp3) is 0.700. The largest absolute Gasteiger partial charge is 0.449 e. The van der Waals surface area contributed by atoms with E-state index in [1.165, 1.54) is 12.8 Å². The Bertz CT molecular complexity index is 291. The van der Waals surface area contributed by atoms with E-state index in [-0.39, 0.29) is 6.04 Å². The fourth-order valence-electron chi connectivity index (χ4n) is 1.72. The fourth-order valence-corrected chi connectivity index (χ4v) is 1.72. The molecule has 1 fully saturated rings. The summed E-state index contributed by atoms with van der Waals surface area (Å²) in [5.41, 5.74) is 6.97. The first-order valence-corrected chi connectivity index (χ1v) is 4.86. The molecule has 0 bridgehead atoms. The molecule has 1 aliphatic carbocycles. The van der Waals surface area contributed by atoms with Gasteiger partial charge >= 0.3 is 0 Å². The summed E-state index contributed by atoms with van der Waals surface area (Å²) in [4.78, 5) is 4.25. The lowest BCUT2D eigenvalue weighted by Gasteiger charge is -2.16. The van der Waals surface area contributed by atoms with Crippen molar-refractivity contribution in [3.8, 4) is 0 Å². The molecule has 3 nitrogen and oxygen atoms in total. The molecule has 1 saturated carbocycles. The zero-order valence-electron chi connectivity index (χ0n) is 8.16. The second kappa shape index (κ2) is 3.14. The molecule has 72 valence electrons. The van der Waals surface area contributed by atoms with E-state index in [0.717, 1.165) is 11.6 Å². The van der Waals surface area contributed by atoms with Gasteiger partial charge in [0, 0.05) is 6.92 Å². The lowest BCUT2D eigenvalue weighted by atomic mass is 9.95.